The van der Waals surface area contributed by atoms with E-state index < -0.39 is 12.2 Å². The summed E-state index contributed by atoms with van der Waals surface area (Å²) in [6.07, 6.45) is 1.05. The lowest BCUT2D eigenvalue weighted by Gasteiger charge is -2.10. The van der Waals surface area contributed by atoms with E-state index in [0.29, 0.717) is 6.42 Å². The molecular formula is C15H19NO4. The van der Waals surface area contributed by atoms with Crippen LogP contribution in [-0.4, -0.2) is 24.2 Å². The van der Waals surface area contributed by atoms with E-state index in [9.17, 15) is 9.59 Å². The topological polar surface area (TPSA) is 64.6 Å². The minimum absolute atomic E-state index is 0.163. The third-order valence-electron chi connectivity index (χ3n) is 2.99. The van der Waals surface area contributed by atoms with Crippen LogP contribution in [0.4, 0.5) is 4.79 Å². The van der Waals surface area contributed by atoms with E-state index in [2.05, 4.69) is 5.32 Å². The highest BCUT2D eigenvalue weighted by atomic mass is 16.6. The third-order valence-corrected chi connectivity index (χ3v) is 2.99. The molecule has 1 aromatic rings. The van der Waals surface area contributed by atoms with Crippen LogP contribution in [0.1, 0.15) is 32.3 Å². The monoisotopic (exact) mass is 277 g/mol. The summed E-state index contributed by atoms with van der Waals surface area (Å²) >= 11 is 0. The lowest BCUT2D eigenvalue weighted by molar-refractivity contribution is -0.123. The summed E-state index contributed by atoms with van der Waals surface area (Å²) in [4.78, 5) is 22.2. The summed E-state index contributed by atoms with van der Waals surface area (Å²) in [7, 11) is 0. The quantitative estimate of drug-likeness (QED) is 0.867. The minimum Gasteiger partial charge on any atom is -0.491 e. The van der Waals surface area contributed by atoms with Gasteiger partial charge >= 0.3 is 6.09 Å². The van der Waals surface area contributed by atoms with Crippen molar-refractivity contribution in [3.63, 3.8) is 0 Å². The fourth-order valence-corrected chi connectivity index (χ4v) is 2.08. The average molecular weight is 277 g/mol. The zero-order valence-electron chi connectivity index (χ0n) is 11.7. The normalized spacial score (nSPS) is 18.1. The van der Waals surface area contributed by atoms with Crippen molar-refractivity contribution in [1.82, 2.24) is 5.32 Å². The van der Waals surface area contributed by atoms with Crippen LogP contribution in [0.15, 0.2) is 24.3 Å². The predicted octanol–water partition coefficient (Wildman–Crippen LogP) is 2.43. The Hall–Kier alpha value is -2.04. The largest absolute Gasteiger partial charge is 0.491 e. The highest BCUT2D eigenvalue weighted by molar-refractivity contribution is 5.99. The average Bonchev–Trinajstić information content (AvgIpc) is 2.69. The first kappa shape index (κ1) is 14.4. The third kappa shape index (κ3) is 3.98. The first-order valence-electron chi connectivity index (χ1n) is 6.81. The molecule has 1 aliphatic rings. The molecule has 1 unspecified atom stereocenters. The molecule has 1 aromatic carbocycles. The van der Waals surface area contributed by atoms with Crippen molar-refractivity contribution in [1.29, 1.82) is 0 Å². The van der Waals surface area contributed by atoms with E-state index in [1.807, 2.05) is 38.1 Å². The molecule has 1 saturated heterocycles. The summed E-state index contributed by atoms with van der Waals surface area (Å²) in [6.45, 7) is 3.98. The zero-order chi connectivity index (χ0) is 14.5. The number of hydrogen-bond acceptors (Lipinski definition) is 4. The van der Waals surface area contributed by atoms with Crippen molar-refractivity contribution in [3.8, 4) is 5.75 Å². The second-order valence-electron chi connectivity index (χ2n) is 5.09. The van der Waals surface area contributed by atoms with Gasteiger partial charge in [0.15, 0.2) is 6.10 Å². The molecule has 0 aliphatic carbocycles. The van der Waals surface area contributed by atoms with Gasteiger partial charge in [-0.1, -0.05) is 12.1 Å². The number of alkyl carbamates (subject to hydrolysis) is 1. The van der Waals surface area contributed by atoms with Gasteiger partial charge in [-0.3, -0.25) is 10.1 Å². The molecule has 0 spiro atoms. The van der Waals surface area contributed by atoms with E-state index in [1.54, 1.807) is 0 Å². The summed E-state index contributed by atoms with van der Waals surface area (Å²) in [5, 5.41) is 2.12. The predicted molar refractivity (Wildman–Crippen MR) is 73.6 cm³/mol. The first-order valence-corrected chi connectivity index (χ1v) is 6.81. The minimum atomic E-state index is -0.643. The number of benzene rings is 1. The van der Waals surface area contributed by atoms with Crippen LogP contribution in [-0.2, 0) is 16.0 Å². The highest BCUT2D eigenvalue weighted by Crippen LogP contribution is 2.16. The molecule has 0 radical (unpaired) electrons. The Morgan fingerprint density at radius 1 is 1.25 bits per heavy atom. The van der Waals surface area contributed by atoms with Gasteiger partial charge in [0.1, 0.15) is 5.75 Å². The standard InChI is InChI=1S/C15H19NO4/c1-10(2)19-12-8-6-11(7-9-12)4-3-5-13-14(17)16-15(18)20-13/h6-10,13H,3-5H2,1-2H3,(H,16,17,18). The summed E-state index contributed by atoms with van der Waals surface area (Å²) in [5.74, 6) is 0.517. The van der Waals surface area contributed by atoms with Gasteiger partial charge in [-0.05, 0) is 50.8 Å². The van der Waals surface area contributed by atoms with E-state index in [4.69, 9.17) is 9.47 Å². The summed E-state index contributed by atoms with van der Waals surface area (Å²) in [5.41, 5.74) is 1.17. The molecule has 0 saturated carbocycles. The van der Waals surface area contributed by atoms with E-state index in [-0.39, 0.29) is 12.0 Å². The maximum absolute atomic E-state index is 11.3. The van der Waals surface area contributed by atoms with Crippen LogP contribution in [0.5, 0.6) is 5.75 Å². The lowest BCUT2D eigenvalue weighted by Crippen LogP contribution is -2.24. The van der Waals surface area contributed by atoms with Crippen molar-refractivity contribution < 1.29 is 19.1 Å². The number of carbonyl (C=O) groups excluding carboxylic acids is 2. The first-order chi connectivity index (χ1) is 9.54. The van der Waals surface area contributed by atoms with Crippen LogP contribution in [0.3, 0.4) is 0 Å². The Bertz CT molecular complexity index is 481. The molecule has 20 heavy (non-hydrogen) atoms. The molecule has 0 aromatic heterocycles. The van der Waals surface area contributed by atoms with Crippen LogP contribution in [0.25, 0.3) is 0 Å². The smallest absolute Gasteiger partial charge is 0.414 e. The summed E-state index contributed by atoms with van der Waals surface area (Å²) in [6, 6.07) is 7.91. The van der Waals surface area contributed by atoms with E-state index in [1.165, 1.54) is 5.56 Å². The maximum Gasteiger partial charge on any atom is 0.414 e. The van der Waals surface area contributed by atoms with Gasteiger partial charge in [-0.15, -0.1) is 0 Å². The van der Waals surface area contributed by atoms with Crippen LogP contribution in [0.2, 0.25) is 0 Å². The Balaban J connectivity index is 1.77. The molecule has 1 heterocycles. The van der Waals surface area contributed by atoms with Gasteiger partial charge in [0, 0.05) is 0 Å². The van der Waals surface area contributed by atoms with Crippen molar-refractivity contribution in [2.75, 3.05) is 0 Å². The highest BCUT2D eigenvalue weighted by Gasteiger charge is 2.31. The second kappa shape index (κ2) is 6.41. The van der Waals surface area contributed by atoms with Gasteiger partial charge in [-0.25, -0.2) is 4.79 Å². The Morgan fingerprint density at radius 2 is 1.95 bits per heavy atom. The number of hydrogen-bond donors (Lipinski definition) is 1. The Labute approximate surface area is 118 Å². The van der Waals surface area contributed by atoms with Crippen molar-refractivity contribution in [2.45, 2.75) is 45.3 Å². The summed E-state index contributed by atoms with van der Waals surface area (Å²) < 4.78 is 10.4. The Kier molecular flexibility index (Phi) is 4.61. The van der Waals surface area contributed by atoms with E-state index in [0.717, 1.165) is 18.6 Å². The van der Waals surface area contributed by atoms with Crippen molar-refractivity contribution in [2.24, 2.45) is 0 Å². The molecule has 2 rings (SSSR count). The molecule has 5 nitrogen and oxygen atoms in total. The van der Waals surface area contributed by atoms with Gasteiger partial charge < -0.3 is 9.47 Å². The van der Waals surface area contributed by atoms with E-state index >= 15 is 0 Å². The van der Waals surface area contributed by atoms with Gasteiger partial charge in [0.25, 0.3) is 5.91 Å². The molecule has 1 N–H and O–H groups in total. The number of carbonyl (C=O) groups is 2. The van der Waals surface area contributed by atoms with Gasteiger partial charge in [0.05, 0.1) is 6.10 Å². The van der Waals surface area contributed by atoms with Crippen molar-refractivity contribution >= 4 is 12.0 Å². The fraction of sp³-hybridized carbons (Fsp3) is 0.467. The number of aryl methyl sites for hydroxylation is 1. The number of ether oxygens (including phenoxy) is 2. The number of cyclic esters (lactones) is 1. The van der Waals surface area contributed by atoms with Crippen LogP contribution < -0.4 is 10.1 Å². The molecule has 108 valence electrons. The molecule has 1 atom stereocenters. The Morgan fingerprint density at radius 3 is 2.50 bits per heavy atom. The maximum atomic E-state index is 11.3. The number of imide groups is 1. The second-order valence-corrected chi connectivity index (χ2v) is 5.09. The molecule has 1 aliphatic heterocycles. The number of amides is 2. The van der Waals surface area contributed by atoms with Crippen molar-refractivity contribution in [3.05, 3.63) is 29.8 Å². The zero-order valence-corrected chi connectivity index (χ0v) is 11.7. The number of nitrogens with one attached hydrogen (secondary N) is 1. The van der Waals surface area contributed by atoms with Crippen LogP contribution in [0, 0.1) is 0 Å². The fourth-order valence-electron chi connectivity index (χ4n) is 2.08. The lowest BCUT2D eigenvalue weighted by atomic mass is 10.1. The molecule has 0 bridgehead atoms. The molecule has 5 heteroatoms. The molecule has 2 amide bonds. The van der Waals surface area contributed by atoms with Gasteiger partial charge in [0.2, 0.25) is 0 Å². The molecule has 1 fully saturated rings. The SMILES string of the molecule is CC(C)Oc1ccc(CCCC2OC(=O)NC2=O)cc1. The van der Waals surface area contributed by atoms with Crippen LogP contribution >= 0.6 is 0 Å². The molecular weight excluding hydrogens is 258 g/mol. The number of rotatable bonds is 6. The van der Waals surface area contributed by atoms with Gasteiger partial charge in [-0.2, -0.15) is 0 Å².